The van der Waals surface area contributed by atoms with Crippen molar-refractivity contribution in [3.63, 3.8) is 0 Å². The molecule has 1 unspecified atom stereocenters. The number of rotatable bonds is 7. The first-order valence-electron chi connectivity index (χ1n) is 8.16. The molecule has 24 heavy (non-hydrogen) atoms. The number of carbonyl (C=O) groups excluding carboxylic acids is 2. The highest BCUT2D eigenvalue weighted by Crippen LogP contribution is 2.08. The van der Waals surface area contributed by atoms with Gasteiger partial charge in [-0.25, -0.2) is 4.39 Å². The normalized spacial score (nSPS) is 16.8. The predicted molar refractivity (Wildman–Crippen MR) is 93.8 cm³/mol. The minimum absolute atomic E-state index is 0. The molecule has 7 heteroatoms. The van der Waals surface area contributed by atoms with Crippen LogP contribution in [-0.4, -0.2) is 38.0 Å². The second-order valence-corrected chi connectivity index (χ2v) is 5.88. The fourth-order valence-corrected chi connectivity index (χ4v) is 2.60. The van der Waals surface area contributed by atoms with Crippen LogP contribution < -0.4 is 16.0 Å². The first-order chi connectivity index (χ1) is 11.1. The van der Waals surface area contributed by atoms with Crippen LogP contribution in [-0.2, 0) is 4.79 Å². The number of hydrogen-bond acceptors (Lipinski definition) is 3. The highest BCUT2D eigenvalue weighted by Gasteiger charge is 2.13. The van der Waals surface area contributed by atoms with Crippen molar-refractivity contribution in [1.82, 2.24) is 16.0 Å². The smallest absolute Gasteiger partial charge is 0.251 e. The van der Waals surface area contributed by atoms with Gasteiger partial charge in [0.25, 0.3) is 5.91 Å². The van der Waals surface area contributed by atoms with E-state index in [0.29, 0.717) is 37.4 Å². The molecule has 1 aliphatic heterocycles. The van der Waals surface area contributed by atoms with Gasteiger partial charge in [0.1, 0.15) is 5.82 Å². The number of nitrogens with one attached hydrogen (secondary N) is 3. The molecule has 3 N–H and O–H groups in total. The minimum atomic E-state index is -0.369. The molecular formula is C17H25ClFN3O2. The molecule has 2 rings (SSSR count). The maximum atomic E-state index is 12.8. The number of benzene rings is 1. The quantitative estimate of drug-likeness (QED) is 0.652. The van der Waals surface area contributed by atoms with Crippen molar-refractivity contribution in [1.29, 1.82) is 0 Å². The molecule has 1 atom stereocenters. The van der Waals surface area contributed by atoms with Gasteiger partial charge in [-0.1, -0.05) is 0 Å². The van der Waals surface area contributed by atoms with E-state index in [1.165, 1.54) is 24.3 Å². The van der Waals surface area contributed by atoms with Gasteiger partial charge in [0.2, 0.25) is 5.91 Å². The van der Waals surface area contributed by atoms with Crippen LogP contribution >= 0.6 is 12.4 Å². The van der Waals surface area contributed by atoms with Gasteiger partial charge in [0, 0.05) is 25.1 Å². The van der Waals surface area contributed by atoms with Crippen LogP contribution in [0.2, 0.25) is 0 Å². The van der Waals surface area contributed by atoms with Crippen molar-refractivity contribution in [3.05, 3.63) is 35.6 Å². The monoisotopic (exact) mass is 357 g/mol. The van der Waals surface area contributed by atoms with Crippen LogP contribution in [0.3, 0.4) is 0 Å². The zero-order chi connectivity index (χ0) is 16.5. The summed E-state index contributed by atoms with van der Waals surface area (Å²) in [7, 11) is 0. The summed E-state index contributed by atoms with van der Waals surface area (Å²) in [5.41, 5.74) is 0.417. The molecule has 134 valence electrons. The lowest BCUT2D eigenvalue weighted by molar-refractivity contribution is -0.121. The molecule has 0 aromatic heterocycles. The molecule has 0 bridgehead atoms. The Kier molecular flexibility index (Phi) is 9.34. The second kappa shape index (κ2) is 11.0. The van der Waals surface area contributed by atoms with Gasteiger partial charge < -0.3 is 16.0 Å². The third kappa shape index (κ3) is 7.27. The van der Waals surface area contributed by atoms with Crippen molar-refractivity contribution in [3.8, 4) is 0 Å². The third-order valence-corrected chi connectivity index (χ3v) is 3.96. The molecule has 0 aliphatic carbocycles. The SMILES string of the molecule is Cl.O=C(CCCNC(=O)c1ccc(F)cc1)NCC1CCCNC1. The van der Waals surface area contributed by atoms with Crippen molar-refractivity contribution in [2.24, 2.45) is 5.92 Å². The number of hydrogen-bond donors (Lipinski definition) is 3. The zero-order valence-electron chi connectivity index (χ0n) is 13.6. The van der Waals surface area contributed by atoms with Gasteiger partial charge in [-0.15, -0.1) is 12.4 Å². The first-order valence-corrected chi connectivity index (χ1v) is 8.16. The fourth-order valence-electron chi connectivity index (χ4n) is 2.60. The molecule has 0 spiro atoms. The second-order valence-electron chi connectivity index (χ2n) is 5.88. The summed E-state index contributed by atoms with van der Waals surface area (Å²) in [6.45, 7) is 3.18. The van der Waals surface area contributed by atoms with Gasteiger partial charge in [-0.3, -0.25) is 9.59 Å². The molecule has 1 heterocycles. The Bertz CT molecular complexity index is 519. The maximum absolute atomic E-state index is 12.8. The molecule has 5 nitrogen and oxygen atoms in total. The molecule has 0 saturated carbocycles. The van der Waals surface area contributed by atoms with E-state index >= 15 is 0 Å². The van der Waals surface area contributed by atoms with E-state index in [0.717, 1.165) is 25.9 Å². The first kappa shape index (κ1) is 20.4. The average Bonchev–Trinajstić information content (AvgIpc) is 2.58. The fraction of sp³-hybridized carbons (Fsp3) is 0.529. The highest BCUT2D eigenvalue weighted by atomic mass is 35.5. The largest absolute Gasteiger partial charge is 0.356 e. The average molecular weight is 358 g/mol. The number of piperidine rings is 1. The zero-order valence-corrected chi connectivity index (χ0v) is 14.5. The summed E-state index contributed by atoms with van der Waals surface area (Å²) in [4.78, 5) is 23.5. The van der Waals surface area contributed by atoms with Gasteiger partial charge in [0.15, 0.2) is 0 Å². The number of carbonyl (C=O) groups is 2. The Hall–Kier alpha value is -1.66. The summed E-state index contributed by atoms with van der Waals surface area (Å²) >= 11 is 0. The van der Waals surface area contributed by atoms with E-state index in [9.17, 15) is 14.0 Å². The topological polar surface area (TPSA) is 70.2 Å². The minimum Gasteiger partial charge on any atom is -0.356 e. The summed E-state index contributed by atoms with van der Waals surface area (Å²) < 4.78 is 12.8. The van der Waals surface area contributed by atoms with Gasteiger partial charge in [-0.05, 0) is 62.5 Å². The number of halogens is 2. The van der Waals surface area contributed by atoms with Crippen molar-refractivity contribution >= 4 is 24.2 Å². The van der Waals surface area contributed by atoms with Crippen LogP contribution in [0.25, 0.3) is 0 Å². The lowest BCUT2D eigenvalue weighted by Crippen LogP contribution is -2.38. The summed E-state index contributed by atoms with van der Waals surface area (Å²) in [5.74, 6) is -0.0810. The van der Waals surface area contributed by atoms with Crippen LogP contribution in [0.4, 0.5) is 4.39 Å². The molecule has 1 aromatic carbocycles. The third-order valence-electron chi connectivity index (χ3n) is 3.96. The Morgan fingerprint density at radius 2 is 1.96 bits per heavy atom. The van der Waals surface area contributed by atoms with Crippen LogP contribution in [0, 0.1) is 11.7 Å². The van der Waals surface area contributed by atoms with E-state index in [1.54, 1.807) is 0 Å². The van der Waals surface area contributed by atoms with Gasteiger partial charge in [0.05, 0.1) is 0 Å². The van der Waals surface area contributed by atoms with Crippen LogP contribution in [0.5, 0.6) is 0 Å². The molecular weight excluding hydrogens is 333 g/mol. The molecule has 1 saturated heterocycles. The molecule has 0 radical (unpaired) electrons. The Balaban J connectivity index is 0.00000288. The molecule has 1 aliphatic rings. The van der Waals surface area contributed by atoms with Crippen molar-refractivity contribution < 1.29 is 14.0 Å². The Morgan fingerprint density at radius 3 is 2.62 bits per heavy atom. The summed E-state index contributed by atoms with van der Waals surface area (Å²) in [6, 6.07) is 5.39. The van der Waals surface area contributed by atoms with Crippen molar-refractivity contribution in [2.45, 2.75) is 25.7 Å². The predicted octanol–water partition coefficient (Wildman–Crippen LogP) is 1.87. The number of amides is 2. The van der Waals surface area contributed by atoms with Crippen LogP contribution in [0.1, 0.15) is 36.0 Å². The summed E-state index contributed by atoms with van der Waals surface area (Å²) in [6.07, 6.45) is 3.29. The van der Waals surface area contributed by atoms with E-state index < -0.39 is 0 Å². The van der Waals surface area contributed by atoms with E-state index in [1.807, 2.05) is 0 Å². The van der Waals surface area contributed by atoms with E-state index in [2.05, 4.69) is 16.0 Å². The summed E-state index contributed by atoms with van der Waals surface area (Å²) in [5, 5.41) is 8.99. The van der Waals surface area contributed by atoms with Crippen molar-refractivity contribution in [2.75, 3.05) is 26.2 Å². The standard InChI is InChI=1S/C17H24FN3O2.ClH/c18-15-7-5-14(6-8-15)17(23)20-10-2-4-16(22)21-12-13-3-1-9-19-11-13;/h5-8,13,19H,1-4,9-12H2,(H,20,23)(H,21,22);1H. The van der Waals surface area contributed by atoms with Crippen LogP contribution in [0.15, 0.2) is 24.3 Å². The lowest BCUT2D eigenvalue weighted by atomic mass is 10.00. The van der Waals surface area contributed by atoms with Gasteiger partial charge >= 0.3 is 0 Å². The lowest BCUT2D eigenvalue weighted by Gasteiger charge is -2.22. The molecule has 1 aromatic rings. The van der Waals surface area contributed by atoms with E-state index in [4.69, 9.17) is 0 Å². The maximum Gasteiger partial charge on any atom is 0.251 e. The Morgan fingerprint density at radius 1 is 1.21 bits per heavy atom. The molecule has 1 fully saturated rings. The highest BCUT2D eigenvalue weighted by molar-refractivity contribution is 5.94. The van der Waals surface area contributed by atoms with Gasteiger partial charge in [-0.2, -0.15) is 0 Å². The Labute approximate surface area is 148 Å². The van der Waals surface area contributed by atoms with E-state index in [-0.39, 0.29) is 30.0 Å². The molecule has 2 amide bonds.